The SMILES string of the molecule is [O]=[Al][Re]=[O]. The first-order valence-corrected chi connectivity index (χ1v) is 7.33. The fourth-order valence-electron chi connectivity index (χ4n) is 0. The Morgan fingerprint density at radius 2 is 2.00 bits per heavy atom. The molecule has 0 amide bonds. The van der Waals surface area contributed by atoms with Crippen LogP contribution in [0.3, 0.4) is 0 Å². The summed E-state index contributed by atoms with van der Waals surface area (Å²) in [5.41, 5.74) is 0. The molecule has 22 valence electrons. The maximum atomic E-state index is 9.18. The van der Waals surface area contributed by atoms with Crippen molar-refractivity contribution >= 4 is 12.6 Å². The molecule has 0 spiro atoms. The van der Waals surface area contributed by atoms with Crippen LogP contribution < -0.4 is 0 Å². The summed E-state index contributed by atoms with van der Waals surface area (Å²) in [5, 5.41) is 0. The van der Waals surface area contributed by atoms with Gasteiger partial charge in [0.25, 0.3) is 0 Å². The fraction of sp³-hybridized carbons (Fsp3) is 0. The summed E-state index contributed by atoms with van der Waals surface area (Å²) in [6.07, 6.45) is 0. The Labute approximate surface area is 36.0 Å². The molecule has 0 aromatic rings. The second-order valence-electron chi connectivity index (χ2n) is 0.178. The normalized spacial score (nSPS) is 5.00. The van der Waals surface area contributed by atoms with Crippen molar-refractivity contribution in [2.24, 2.45) is 0 Å². The van der Waals surface area contributed by atoms with Gasteiger partial charge in [0.2, 0.25) is 0 Å². The van der Waals surface area contributed by atoms with Gasteiger partial charge in [0.15, 0.2) is 0 Å². The van der Waals surface area contributed by atoms with E-state index in [-0.39, 0.29) is 0 Å². The Morgan fingerprint density at radius 3 is 2.00 bits per heavy atom. The third-order valence-electron chi connectivity index (χ3n) is 0.0364. The molecule has 4 heteroatoms. The van der Waals surface area contributed by atoms with Crippen molar-refractivity contribution in [1.29, 1.82) is 0 Å². The second-order valence-corrected chi connectivity index (χ2v) is 4.38. The van der Waals surface area contributed by atoms with Gasteiger partial charge in [-0.3, -0.25) is 0 Å². The van der Waals surface area contributed by atoms with Crippen molar-refractivity contribution in [3.8, 4) is 0 Å². The molecular weight excluding hydrogens is 245 g/mol. The van der Waals surface area contributed by atoms with Crippen LogP contribution in [0.25, 0.3) is 0 Å². The van der Waals surface area contributed by atoms with Crippen LogP contribution in [-0.4, -0.2) is 12.6 Å². The summed E-state index contributed by atoms with van der Waals surface area (Å²) in [6, 6.07) is 0. The monoisotopic (exact) mass is 246 g/mol. The number of hydrogen-bond donors (Lipinski definition) is 0. The van der Waals surface area contributed by atoms with E-state index in [9.17, 15) is 3.47 Å². The van der Waals surface area contributed by atoms with Gasteiger partial charge in [0.05, 0.1) is 0 Å². The van der Waals surface area contributed by atoms with Gasteiger partial charge in [-0.05, 0) is 0 Å². The molecule has 0 radical (unpaired) electrons. The molecule has 0 aliphatic rings. The molecule has 2 nitrogen and oxygen atoms in total. The van der Waals surface area contributed by atoms with E-state index < -0.39 is 28.5 Å². The zero-order chi connectivity index (χ0) is 3.41. The third-order valence-corrected chi connectivity index (χ3v) is 0.893. The molecule has 0 rings (SSSR count). The predicted octanol–water partition coefficient (Wildman–Crippen LogP) is -0.621. The van der Waals surface area contributed by atoms with Crippen LogP contribution in [-0.2, 0) is 23.1 Å². The Kier molecular flexibility index (Phi) is 4.55. The molecule has 0 atom stereocenters. The maximum absolute atomic E-state index is 9.18. The van der Waals surface area contributed by atoms with Gasteiger partial charge in [0, 0.05) is 0 Å². The Morgan fingerprint density at radius 1 is 1.75 bits per heavy atom. The van der Waals surface area contributed by atoms with E-state index >= 15 is 0 Å². The van der Waals surface area contributed by atoms with Crippen molar-refractivity contribution in [3.63, 3.8) is 0 Å². The van der Waals surface area contributed by atoms with E-state index in [0.717, 1.165) is 0 Å². The fourth-order valence-corrected chi connectivity index (χ4v) is 0. The first-order valence-electron chi connectivity index (χ1n) is 0.608. The van der Waals surface area contributed by atoms with Crippen molar-refractivity contribution < 1.29 is 23.1 Å². The molecule has 0 saturated heterocycles. The average Bonchev–Trinajstić information content (AvgIpc) is 1.37. The molecule has 0 N–H and O–H groups in total. The van der Waals surface area contributed by atoms with Gasteiger partial charge in [-0.25, -0.2) is 0 Å². The number of hydrogen-bond acceptors (Lipinski definition) is 2. The van der Waals surface area contributed by atoms with Gasteiger partial charge < -0.3 is 0 Å². The molecule has 0 unspecified atom stereocenters. The topological polar surface area (TPSA) is 34.1 Å². The third kappa shape index (κ3) is 2.79. The van der Waals surface area contributed by atoms with E-state index in [2.05, 4.69) is 0 Å². The molecule has 0 aromatic carbocycles. The molecule has 0 aliphatic carbocycles. The van der Waals surface area contributed by atoms with Crippen LogP contribution >= 0.6 is 0 Å². The van der Waals surface area contributed by atoms with Crippen LogP contribution in [0.5, 0.6) is 0 Å². The molecule has 4 heavy (non-hydrogen) atoms. The van der Waals surface area contributed by atoms with Crippen LogP contribution in [0, 0.1) is 0 Å². The van der Waals surface area contributed by atoms with E-state index in [1.54, 1.807) is 0 Å². The van der Waals surface area contributed by atoms with Crippen LogP contribution in [0.1, 0.15) is 0 Å². The molecular formula is AlO2Re. The van der Waals surface area contributed by atoms with Gasteiger partial charge in [-0.1, -0.05) is 0 Å². The molecule has 0 bridgehead atoms. The minimum absolute atomic E-state index is 0.870. The van der Waals surface area contributed by atoms with Gasteiger partial charge in [0.1, 0.15) is 0 Å². The molecule has 0 saturated carbocycles. The molecule has 0 fully saturated rings. The standard InChI is InChI=1S/Al.2O.Re. The summed E-state index contributed by atoms with van der Waals surface area (Å²) in [5.74, 6) is 0. The van der Waals surface area contributed by atoms with Crippen LogP contribution in [0.4, 0.5) is 0 Å². The Balaban J connectivity index is 2.73. The van der Waals surface area contributed by atoms with E-state index in [4.69, 9.17) is 3.80 Å². The van der Waals surface area contributed by atoms with Crippen molar-refractivity contribution in [2.45, 2.75) is 0 Å². The summed E-state index contributed by atoms with van der Waals surface area (Å²) >= 11 is -2.26. The average molecular weight is 245 g/mol. The van der Waals surface area contributed by atoms with Crippen LogP contribution in [0.2, 0.25) is 0 Å². The van der Waals surface area contributed by atoms with Crippen molar-refractivity contribution in [1.82, 2.24) is 0 Å². The van der Waals surface area contributed by atoms with Gasteiger partial charge in [-0.2, -0.15) is 0 Å². The molecule has 0 aliphatic heterocycles. The molecule has 0 aromatic heterocycles. The summed E-state index contributed by atoms with van der Waals surface area (Å²) in [6.45, 7) is 0. The van der Waals surface area contributed by atoms with E-state index in [1.807, 2.05) is 0 Å². The first-order chi connectivity index (χ1) is 1.91. The first kappa shape index (κ1) is 4.79. The summed E-state index contributed by atoms with van der Waals surface area (Å²) < 4.78 is 18.3. The molecule has 0 heterocycles. The summed E-state index contributed by atoms with van der Waals surface area (Å²) in [7, 11) is 0. The van der Waals surface area contributed by atoms with E-state index in [1.165, 1.54) is 0 Å². The Hall–Kier alpha value is 0.795. The predicted molar refractivity (Wildman–Crippen MR) is 7.13 cm³/mol. The summed E-state index contributed by atoms with van der Waals surface area (Å²) in [4.78, 5) is 0. The van der Waals surface area contributed by atoms with Crippen LogP contribution in [0.15, 0.2) is 0 Å². The zero-order valence-corrected chi connectivity index (χ0v) is 5.64. The van der Waals surface area contributed by atoms with Gasteiger partial charge in [-0.15, -0.1) is 0 Å². The zero-order valence-electron chi connectivity index (χ0n) is 1.77. The quantitative estimate of drug-likeness (QED) is 0.577. The second kappa shape index (κ2) is 3.79. The van der Waals surface area contributed by atoms with Crippen molar-refractivity contribution in [3.05, 3.63) is 0 Å². The van der Waals surface area contributed by atoms with Gasteiger partial charge >= 0.3 is 35.7 Å². The number of rotatable bonds is 1. The van der Waals surface area contributed by atoms with Crippen molar-refractivity contribution in [2.75, 3.05) is 0 Å². The minimum atomic E-state index is -1.39. The Bertz CT molecular complexity index is 27.0. The van der Waals surface area contributed by atoms with E-state index in [0.29, 0.717) is 0 Å².